The van der Waals surface area contributed by atoms with Crippen molar-refractivity contribution in [3.05, 3.63) is 28.8 Å². The van der Waals surface area contributed by atoms with E-state index in [1.807, 2.05) is 6.07 Å². The molecule has 2 N–H and O–H groups in total. The van der Waals surface area contributed by atoms with E-state index in [1.54, 1.807) is 0 Å². The molecule has 1 aromatic carbocycles. The number of hydrogen-bond acceptors (Lipinski definition) is 1. The van der Waals surface area contributed by atoms with Gasteiger partial charge in [0.25, 0.3) is 0 Å². The minimum atomic E-state index is 0.211. The van der Waals surface area contributed by atoms with Crippen LogP contribution in [0.2, 0.25) is 0 Å². The average Bonchev–Trinajstić information content (AvgIpc) is 1.98. The van der Waals surface area contributed by atoms with Gasteiger partial charge in [-0.1, -0.05) is 26.8 Å². The summed E-state index contributed by atoms with van der Waals surface area (Å²) in [7, 11) is 0. The lowest BCUT2D eigenvalue weighted by atomic mass is 9.82. The maximum Gasteiger partial charge on any atom is 0.0346 e. The van der Waals surface area contributed by atoms with Gasteiger partial charge in [0.1, 0.15) is 0 Å². The number of benzene rings is 1. The van der Waals surface area contributed by atoms with Crippen LogP contribution in [-0.4, -0.2) is 0 Å². The molecule has 0 saturated carbocycles. The number of hydrogen-bond donors (Lipinski definition) is 1. The Morgan fingerprint density at radius 3 is 2.00 bits per heavy atom. The van der Waals surface area contributed by atoms with Crippen LogP contribution in [0, 0.1) is 13.8 Å². The van der Waals surface area contributed by atoms with Crippen LogP contribution in [0.15, 0.2) is 12.1 Å². The van der Waals surface area contributed by atoms with Crippen LogP contribution >= 0.6 is 0 Å². The lowest BCUT2D eigenvalue weighted by Crippen LogP contribution is -2.14. The molecule has 0 amide bonds. The highest BCUT2D eigenvalue weighted by Gasteiger charge is 2.17. The fourth-order valence-corrected chi connectivity index (χ4v) is 1.65. The molecule has 0 aliphatic heterocycles. The van der Waals surface area contributed by atoms with Crippen LogP contribution in [0.3, 0.4) is 0 Å². The minimum Gasteiger partial charge on any atom is -0.399 e. The third-order valence-electron chi connectivity index (χ3n) is 2.64. The van der Waals surface area contributed by atoms with Gasteiger partial charge in [-0.25, -0.2) is 0 Å². The van der Waals surface area contributed by atoms with Crippen LogP contribution in [0.5, 0.6) is 0 Å². The third-order valence-corrected chi connectivity index (χ3v) is 2.64. The number of rotatable bonds is 0. The molecule has 0 unspecified atom stereocenters. The predicted molar refractivity (Wildman–Crippen MR) is 59.0 cm³/mol. The van der Waals surface area contributed by atoms with Gasteiger partial charge in [-0.2, -0.15) is 0 Å². The van der Waals surface area contributed by atoms with E-state index in [0.717, 1.165) is 5.69 Å². The van der Waals surface area contributed by atoms with E-state index >= 15 is 0 Å². The summed E-state index contributed by atoms with van der Waals surface area (Å²) in [5, 5.41) is 0. The van der Waals surface area contributed by atoms with E-state index in [1.165, 1.54) is 16.7 Å². The molecule has 1 nitrogen and oxygen atoms in total. The van der Waals surface area contributed by atoms with Crippen molar-refractivity contribution in [3.63, 3.8) is 0 Å². The lowest BCUT2D eigenvalue weighted by Gasteiger charge is -2.23. The SMILES string of the molecule is Cc1c(N)ccc(C(C)(C)C)c1C. The molecule has 0 spiro atoms. The van der Waals surface area contributed by atoms with Gasteiger partial charge in [-0.15, -0.1) is 0 Å². The second-order valence-corrected chi connectivity index (χ2v) is 4.70. The molecule has 0 radical (unpaired) electrons. The van der Waals surface area contributed by atoms with Crippen molar-refractivity contribution in [1.82, 2.24) is 0 Å². The predicted octanol–water partition coefficient (Wildman–Crippen LogP) is 3.18. The minimum absolute atomic E-state index is 0.211. The normalized spacial score (nSPS) is 11.8. The first-order valence-corrected chi connectivity index (χ1v) is 4.70. The molecule has 0 aromatic heterocycles. The maximum atomic E-state index is 5.83. The second-order valence-electron chi connectivity index (χ2n) is 4.70. The van der Waals surface area contributed by atoms with E-state index in [0.29, 0.717) is 0 Å². The first-order valence-electron chi connectivity index (χ1n) is 4.70. The van der Waals surface area contributed by atoms with E-state index in [2.05, 4.69) is 40.7 Å². The number of nitrogens with two attached hydrogens (primary N) is 1. The van der Waals surface area contributed by atoms with Gasteiger partial charge in [-0.3, -0.25) is 0 Å². The molecule has 0 heterocycles. The molecule has 0 aliphatic rings. The fraction of sp³-hybridized carbons (Fsp3) is 0.500. The molecule has 1 heteroatoms. The Labute approximate surface area is 81.0 Å². The fourth-order valence-electron chi connectivity index (χ4n) is 1.65. The molecule has 0 atom stereocenters. The van der Waals surface area contributed by atoms with Crippen molar-refractivity contribution < 1.29 is 0 Å². The molecular formula is C12H19N. The summed E-state index contributed by atoms with van der Waals surface area (Å²) < 4.78 is 0. The van der Waals surface area contributed by atoms with Crippen molar-refractivity contribution in [1.29, 1.82) is 0 Å². The Bertz CT molecular complexity index is 319. The average molecular weight is 177 g/mol. The maximum absolute atomic E-state index is 5.83. The smallest absolute Gasteiger partial charge is 0.0346 e. The highest BCUT2D eigenvalue weighted by atomic mass is 14.6. The highest BCUT2D eigenvalue weighted by molar-refractivity contribution is 5.54. The molecular weight excluding hydrogens is 158 g/mol. The summed E-state index contributed by atoms with van der Waals surface area (Å²) in [6.45, 7) is 10.9. The first kappa shape index (κ1) is 10.1. The zero-order valence-electron chi connectivity index (χ0n) is 9.23. The van der Waals surface area contributed by atoms with Gasteiger partial charge in [0.05, 0.1) is 0 Å². The summed E-state index contributed by atoms with van der Waals surface area (Å²) in [6.07, 6.45) is 0. The Morgan fingerprint density at radius 1 is 1.00 bits per heavy atom. The molecule has 0 saturated heterocycles. The largest absolute Gasteiger partial charge is 0.399 e. The molecule has 13 heavy (non-hydrogen) atoms. The standard InChI is InChI=1S/C12H19N/c1-8-9(2)11(13)7-6-10(8)12(3,4)5/h6-7H,13H2,1-5H3. The van der Waals surface area contributed by atoms with E-state index in [9.17, 15) is 0 Å². The molecule has 0 aliphatic carbocycles. The Morgan fingerprint density at radius 2 is 1.54 bits per heavy atom. The van der Waals surface area contributed by atoms with Crippen molar-refractivity contribution in [2.24, 2.45) is 0 Å². The van der Waals surface area contributed by atoms with Gasteiger partial charge in [-0.05, 0) is 42.0 Å². The van der Waals surface area contributed by atoms with Gasteiger partial charge < -0.3 is 5.73 Å². The zero-order valence-corrected chi connectivity index (χ0v) is 9.23. The second kappa shape index (κ2) is 3.06. The topological polar surface area (TPSA) is 26.0 Å². The molecule has 0 fully saturated rings. The van der Waals surface area contributed by atoms with Gasteiger partial charge >= 0.3 is 0 Å². The summed E-state index contributed by atoms with van der Waals surface area (Å²) in [4.78, 5) is 0. The van der Waals surface area contributed by atoms with Gasteiger partial charge in [0, 0.05) is 5.69 Å². The summed E-state index contributed by atoms with van der Waals surface area (Å²) in [5.74, 6) is 0. The van der Waals surface area contributed by atoms with E-state index in [-0.39, 0.29) is 5.41 Å². The van der Waals surface area contributed by atoms with E-state index in [4.69, 9.17) is 5.73 Å². The van der Waals surface area contributed by atoms with Crippen molar-refractivity contribution in [2.75, 3.05) is 5.73 Å². The van der Waals surface area contributed by atoms with E-state index < -0.39 is 0 Å². The molecule has 1 rings (SSSR count). The molecule has 72 valence electrons. The van der Waals surface area contributed by atoms with Crippen LogP contribution in [0.4, 0.5) is 5.69 Å². The van der Waals surface area contributed by atoms with Crippen LogP contribution < -0.4 is 5.73 Å². The lowest BCUT2D eigenvalue weighted by molar-refractivity contribution is 0.585. The highest BCUT2D eigenvalue weighted by Crippen LogP contribution is 2.29. The van der Waals surface area contributed by atoms with Crippen LogP contribution in [0.25, 0.3) is 0 Å². The number of anilines is 1. The Balaban J connectivity index is 3.35. The molecule has 1 aromatic rings. The Hall–Kier alpha value is -0.980. The monoisotopic (exact) mass is 177 g/mol. The quantitative estimate of drug-likeness (QED) is 0.605. The van der Waals surface area contributed by atoms with Crippen LogP contribution in [-0.2, 0) is 5.41 Å². The van der Waals surface area contributed by atoms with Crippen molar-refractivity contribution in [2.45, 2.75) is 40.0 Å². The van der Waals surface area contributed by atoms with Gasteiger partial charge in [0.2, 0.25) is 0 Å². The molecule has 0 bridgehead atoms. The van der Waals surface area contributed by atoms with Crippen molar-refractivity contribution in [3.8, 4) is 0 Å². The first-order chi connectivity index (χ1) is 5.84. The number of nitrogen functional groups attached to an aromatic ring is 1. The summed E-state index contributed by atoms with van der Waals surface area (Å²) in [6, 6.07) is 4.14. The zero-order chi connectivity index (χ0) is 10.2. The third kappa shape index (κ3) is 1.85. The Kier molecular flexibility index (Phi) is 2.38. The van der Waals surface area contributed by atoms with Gasteiger partial charge in [0.15, 0.2) is 0 Å². The van der Waals surface area contributed by atoms with Crippen molar-refractivity contribution >= 4 is 5.69 Å². The van der Waals surface area contributed by atoms with Crippen LogP contribution in [0.1, 0.15) is 37.5 Å². The summed E-state index contributed by atoms with van der Waals surface area (Å²) in [5.41, 5.74) is 10.9. The summed E-state index contributed by atoms with van der Waals surface area (Å²) >= 11 is 0.